The number of rotatable bonds is 5. The summed E-state index contributed by atoms with van der Waals surface area (Å²) in [5, 5.41) is 10.6. The van der Waals surface area contributed by atoms with Crippen molar-refractivity contribution in [1.82, 2.24) is 10.3 Å². The Hall–Kier alpha value is -3.49. The number of hydrogen-bond donors (Lipinski definition) is 2. The van der Waals surface area contributed by atoms with Crippen molar-refractivity contribution in [3.63, 3.8) is 0 Å². The smallest absolute Gasteiger partial charge is 0.257 e. The van der Waals surface area contributed by atoms with Gasteiger partial charge in [-0.05, 0) is 35.1 Å². The lowest BCUT2D eigenvalue weighted by atomic mass is 10.0. The van der Waals surface area contributed by atoms with Gasteiger partial charge in [0.1, 0.15) is 11.5 Å². The predicted molar refractivity (Wildman–Crippen MR) is 128 cm³/mol. The summed E-state index contributed by atoms with van der Waals surface area (Å²) in [5.41, 5.74) is 2.26. The Balaban J connectivity index is 1.48. The van der Waals surface area contributed by atoms with Crippen LogP contribution in [0.1, 0.15) is 10.4 Å². The number of carbonyl (C=O) groups excluding carboxylic acids is 1. The number of thiazole rings is 1. The molecule has 6 nitrogen and oxygen atoms in total. The van der Waals surface area contributed by atoms with Gasteiger partial charge in [0.05, 0.1) is 19.9 Å². The molecule has 0 spiro atoms. The predicted octanol–water partition coefficient (Wildman–Crippen LogP) is 5.11. The molecule has 3 aromatic carbocycles. The van der Waals surface area contributed by atoms with Crippen LogP contribution in [-0.2, 0) is 0 Å². The second-order valence-electron chi connectivity index (χ2n) is 6.57. The van der Waals surface area contributed by atoms with Gasteiger partial charge in [-0.2, -0.15) is 0 Å². The maximum absolute atomic E-state index is 12.6. The lowest BCUT2D eigenvalue weighted by molar-refractivity contribution is 0.0977. The molecule has 0 aliphatic rings. The van der Waals surface area contributed by atoms with E-state index in [2.05, 4.69) is 33.8 Å². The van der Waals surface area contributed by atoms with Gasteiger partial charge in [0.2, 0.25) is 0 Å². The number of nitrogens with one attached hydrogen (secondary N) is 2. The zero-order chi connectivity index (χ0) is 21.8. The van der Waals surface area contributed by atoms with Crippen molar-refractivity contribution in [3.05, 3.63) is 71.6 Å². The van der Waals surface area contributed by atoms with Gasteiger partial charge in [0.25, 0.3) is 5.91 Å². The third-order valence-corrected chi connectivity index (χ3v) is 5.59. The molecule has 0 fully saturated rings. The van der Waals surface area contributed by atoms with Crippen LogP contribution < -0.4 is 20.1 Å². The highest BCUT2D eigenvalue weighted by molar-refractivity contribution is 7.80. The van der Waals surface area contributed by atoms with Crippen LogP contribution in [0.2, 0.25) is 0 Å². The number of carbonyl (C=O) groups is 1. The summed E-state index contributed by atoms with van der Waals surface area (Å²) in [7, 11) is 3.05. The van der Waals surface area contributed by atoms with E-state index in [4.69, 9.17) is 21.7 Å². The highest BCUT2D eigenvalue weighted by Crippen LogP contribution is 2.31. The Morgan fingerprint density at radius 1 is 1.00 bits per heavy atom. The Labute approximate surface area is 188 Å². The van der Waals surface area contributed by atoms with E-state index >= 15 is 0 Å². The fourth-order valence-electron chi connectivity index (χ4n) is 3.15. The average Bonchev–Trinajstić information content (AvgIpc) is 3.26. The van der Waals surface area contributed by atoms with Gasteiger partial charge in [0, 0.05) is 22.6 Å². The van der Waals surface area contributed by atoms with E-state index in [9.17, 15) is 4.79 Å². The maximum Gasteiger partial charge on any atom is 0.257 e. The van der Waals surface area contributed by atoms with Gasteiger partial charge in [-0.3, -0.25) is 10.1 Å². The summed E-state index contributed by atoms with van der Waals surface area (Å²) in [5.74, 6) is 0.659. The van der Waals surface area contributed by atoms with Gasteiger partial charge in [0.15, 0.2) is 10.2 Å². The molecule has 1 heterocycles. The molecule has 0 atom stereocenters. The highest BCUT2D eigenvalue weighted by Gasteiger charge is 2.13. The topological polar surface area (TPSA) is 72.5 Å². The van der Waals surface area contributed by atoms with Crippen molar-refractivity contribution in [3.8, 4) is 22.8 Å². The molecule has 0 saturated heterocycles. The minimum absolute atomic E-state index is 0.158. The zero-order valence-corrected chi connectivity index (χ0v) is 18.5. The molecule has 4 aromatic rings. The third kappa shape index (κ3) is 4.65. The lowest BCUT2D eigenvalue weighted by Crippen LogP contribution is -2.34. The van der Waals surface area contributed by atoms with E-state index in [1.807, 2.05) is 29.6 Å². The van der Waals surface area contributed by atoms with E-state index in [1.165, 1.54) is 25.6 Å². The number of thiocarbonyl (C=S) groups is 1. The summed E-state index contributed by atoms with van der Waals surface area (Å²) in [4.78, 5) is 17.2. The number of fused-ring (bicyclic) bond motifs is 1. The van der Waals surface area contributed by atoms with Crippen LogP contribution in [0.3, 0.4) is 0 Å². The summed E-state index contributed by atoms with van der Waals surface area (Å²) >= 11 is 6.71. The Morgan fingerprint density at radius 2 is 1.71 bits per heavy atom. The zero-order valence-electron chi connectivity index (χ0n) is 16.8. The van der Waals surface area contributed by atoms with Gasteiger partial charge in [-0.15, -0.1) is 11.3 Å². The normalized spacial score (nSPS) is 10.5. The van der Waals surface area contributed by atoms with Gasteiger partial charge in [-0.25, -0.2) is 4.98 Å². The number of methoxy groups -OCH3 is 2. The van der Waals surface area contributed by atoms with Crippen molar-refractivity contribution in [2.24, 2.45) is 0 Å². The van der Waals surface area contributed by atoms with Crippen molar-refractivity contribution in [2.45, 2.75) is 0 Å². The first kappa shape index (κ1) is 20.8. The number of nitrogens with zero attached hydrogens (tertiary/aromatic N) is 1. The average molecular weight is 450 g/mol. The van der Waals surface area contributed by atoms with Crippen LogP contribution in [0, 0.1) is 0 Å². The molecule has 0 aliphatic heterocycles. The summed E-state index contributed by atoms with van der Waals surface area (Å²) < 4.78 is 10.4. The van der Waals surface area contributed by atoms with Crippen LogP contribution in [0.15, 0.2) is 66.0 Å². The number of aromatic nitrogens is 1. The molecule has 1 amide bonds. The molecular formula is C23H19N3O3S2. The van der Waals surface area contributed by atoms with Crippen molar-refractivity contribution >= 4 is 50.5 Å². The summed E-state index contributed by atoms with van der Waals surface area (Å²) in [6.45, 7) is 0. The maximum atomic E-state index is 12.6. The highest BCUT2D eigenvalue weighted by atomic mass is 32.1. The molecule has 8 heteroatoms. The molecule has 31 heavy (non-hydrogen) atoms. The van der Waals surface area contributed by atoms with Crippen molar-refractivity contribution in [2.75, 3.05) is 19.5 Å². The molecular weight excluding hydrogens is 430 g/mol. The SMILES string of the molecule is COc1cc(OC)cc(C(=O)NC(=S)Nc2nc(-c3cccc4ccccc34)cs2)c1. The second-order valence-corrected chi connectivity index (χ2v) is 7.84. The van der Waals surface area contributed by atoms with E-state index in [0.29, 0.717) is 22.2 Å². The van der Waals surface area contributed by atoms with Crippen LogP contribution in [0.5, 0.6) is 11.5 Å². The first-order valence-electron chi connectivity index (χ1n) is 9.36. The summed E-state index contributed by atoms with van der Waals surface area (Å²) in [6.07, 6.45) is 0. The molecule has 0 bridgehead atoms. The molecule has 0 unspecified atom stereocenters. The van der Waals surface area contributed by atoms with E-state index < -0.39 is 0 Å². The number of amides is 1. The molecule has 156 valence electrons. The number of ether oxygens (including phenoxy) is 2. The van der Waals surface area contributed by atoms with Gasteiger partial charge < -0.3 is 14.8 Å². The van der Waals surface area contributed by atoms with E-state index in [1.54, 1.807) is 18.2 Å². The lowest BCUT2D eigenvalue weighted by Gasteiger charge is -2.10. The minimum atomic E-state index is -0.375. The van der Waals surface area contributed by atoms with E-state index in [0.717, 1.165) is 22.0 Å². The first-order chi connectivity index (χ1) is 15.1. The number of anilines is 1. The molecule has 1 aromatic heterocycles. The van der Waals surface area contributed by atoms with Crippen LogP contribution in [0.4, 0.5) is 5.13 Å². The van der Waals surface area contributed by atoms with Crippen LogP contribution in [0.25, 0.3) is 22.0 Å². The first-order valence-corrected chi connectivity index (χ1v) is 10.7. The fourth-order valence-corrected chi connectivity index (χ4v) is 4.11. The molecule has 0 saturated carbocycles. The Kier molecular flexibility index (Phi) is 6.11. The monoisotopic (exact) mass is 449 g/mol. The van der Waals surface area contributed by atoms with E-state index in [-0.39, 0.29) is 11.0 Å². The van der Waals surface area contributed by atoms with Crippen LogP contribution in [-0.4, -0.2) is 30.2 Å². The number of hydrogen-bond acceptors (Lipinski definition) is 6. The Morgan fingerprint density at radius 3 is 2.45 bits per heavy atom. The molecule has 2 N–H and O–H groups in total. The minimum Gasteiger partial charge on any atom is -0.497 e. The van der Waals surface area contributed by atoms with Crippen molar-refractivity contribution in [1.29, 1.82) is 0 Å². The Bertz CT molecular complexity index is 1240. The molecule has 4 rings (SSSR count). The number of benzene rings is 3. The fraction of sp³-hybridized carbons (Fsp3) is 0.0870. The molecule has 0 aliphatic carbocycles. The summed E-state index contributed by atoms with van der Waals surface area (Å²) in [6, 6.07) is 19.2. The van der Waals surface area contributed by atoms with Crippen molar-refractivity contribution < 1.29 is 14.3 Å². The second kappa shape index (κ2) is 9.11. The quantitative estimate of drug-likeness (QED) is 0.413. The van der Waals surface area contributed by atoms with Gasteiger partial charge in [-0.1, -0.05) is 42.5 Å². The third-order valence-electron chi connectivity index (χ3n) is 4.63. The molecule has 0 radical (unpaired) electrons. The standard InChI is InChI=1S/C23H19N3O3S2/c1-28-16-10-15(11-17(12-16)29-2)21(27)25-22(30)26-23-24-20(13-31-23)19-9-5-7-14-6-3-4-8-18(14)19/h3-13H,1-2H3,(H2,24,25,26,27,30). The van der Waals surface area contributed by atoms with Crippen LogP contribution >= 0.6 is 23.6 Å². The van der Waals surface area contributed by atoms with Gasteiger partial charge >= 0.3 is 0 Å². The largest absolute Gasteiger partial charge is 0.497 e.